The maximum atomic E-state index is 5.92. The molecular weight excluding hydrogens is 250 g/mol. The van der Waals surface area contributed by atoms with Gasteiger partial charge in [-0.3, -0.25) is 0 Å². The number of aromatic nitrogens is 3. The Morgan fingerprint density at radius 2 is 1.89 bits per heavy atom. The van der Waals surface area contributed by atoms with Crippen LogP contribution in [0.2, 0.25) is 5.28 Å². The van der Waals surface area contributed by atoms with Crippen molar-refractivity contribution in [2.24, 2.45) is 5.92 Å². The molecule has 18 heavy (non-hydrogen) atoms. The highest BCUT2D eigenvalue weighted by molar-refractivity contribution is 6.28. The lowest BCUT2D eigenvalue weighted by Crippen LogP contribution is -2.31. The van der Waals surface area contributed by atoms with Gasteiger partial charge in [0, 0.05) is 20.1 Å². The normalized spacial score (nSPS) is 23.8. The molecule has 2 atom stereocenters. The van der Waals surface area contributed by atoms with Gasteiger partial charge < -0.3 is 10.2 Å². The van der Waals surface area contributed by atoms with Crippen LogP contribution in [0.5, 0.6) is 0 Å². The first-order valence-electron chi connectivity index (χ1n) is 6.41. The van der Waals surface area contributed by atoms with Crippen LogP contribution >= 0.6 is 11.6 Å². The van der Waals surface area contributed by atoms with E-state index in [2.05, 4.69) is 27.2 Å². The molecule has 2 unspecified atom stereocenters. The second kappa shape index (κ2) is 5.69. The molecular formula is C12H20ClN5. The molecule has 100 valence electrons. The summed E-state index contributed by atoms with van der Waals surface area (Å²) in [6.45, 7) is 2.27. The predicted octanol–water partition coefficient (Wildman–Crippen LogP) is 2.58. The van der Waals surface area contributed by atoms with Gasteiger partial charge in [0.1, 0.15) is 0 Å². The van der Waals surface area contributed by atoms with Crippen LogP contribution in [0.25, 0.3) is 0 Å². The van der Waals surface area contributed by atoms with E-state index in [1.807, 2.05) is 19.0 Å². The van der Waals surface area contributed by atoms with Gasteiger partial charge in [0.05, 0.1) is 0 Å². The predicted molar refractivity (Wildman–Crippen MR) is 74.2 cm³/mol. The molecule has 0 bridgehead atoms. The van der Waals surface area contributed by atoms with Crippen molar-refractivity contribution < 1.29 is 0 Å². The van der Waals surface area contributed by atoms with Crippen molar-refractivity contribution >= 4 is 23.5 Å². The van der Waals surface area contributed by atoms with Crippen molar-refractivity contribution in [3.8, 4) is 0 Å². The zero-order valence-electron chi connectivity index (χ0n) is 11.1. The third kappa shape index (κ3) is 3.22. The molecule has 6 heteroatoms. The molecule has 5 nitrogen and oxygen atoms in total. The molecule has 1 N–H and O–H groups in total. The first kappa shape index (κ1) is 13.3. The van der Waals surface area contributed by atoms with Crippen LogP contribution in [0, 0.1) is 5.92 Å². The third-order valence-corrected chi connectivity index (χ3v) is 3.59. The Bertz CT molecular complexity index is 409. The topological polar surface area (TPSA) is 53.9 Å². The van der Waals surface area contributed by atoms with Gasteiger partial charge in [0.25, 0.3) is 0 Å². The average Bonchev–Trinajstić information content (AvgIpc) is 2.31. The lowest BCUT2D eigenvalue weighted by molar-refractivity contribution is 0.348. The van der Waals surface area contributed by atoms with E-state index in [1.54, 1.807) is 0 Å². The van der Waals surface area contributed by atoms with E-state index in [0.29, 0.717) is 23.9 Å². The van der Waals surface area contributed by atoms with Gasteiger partial charge >= 0.3 is 0 Å². The number of anilines is 2. The molecule has 0 amide bonds. The van der Waals surface area contributed by atoms with E-state index in [-0.39, 0.29) is 5.28 Å². The minimum atomic E-state index is 0.236. The van der Waals surface area contributed by atoms with Crippen molar-refractivity contribution in [2.75, 3.05) is 24.3 Å². The third-order valence-electron chi connectivity index (χ3n) is 3.42. The van der Waals surface area contributed by atoms with Crippen LogP contribution in [0.15, 0.2) is 0 Å². The summed E-state index contributed by atoms with van der Waals surface area (Å²) in [5.41, 5.74) is 0. The monoisotopic (exact) mass is 269 g/mol. The van der Waals surface area contributed by atoms with Gasteiger partial charge in [-0.1, -0.05) is 19.8 Å². The van der Waals surface area contributed by atoms with Crippen LogP contribution in [-0.4, -0.2) is 35.1 Å². The highest BCUT2D eigenvalue weighted by atomic mass is 35.5. The second-order valence-electron chi connectivity index (χ2n) is 5.14. The van der Waals surface area contributed by atoms with Crippen LogP contribution < -0.4 is 10.2 Å². The fourth-order valence-corrected chi connectivity index (χ4v) is 2.46. The molecule has 0 spiro atoms. The molecule has 0 aliphatic heterocycles. The van der Waals surface area contributed by atoms with Gasteiger partial charge in [0.15, 0.2) is 0 Å². The number of halogens is 1. The molecule has 1 aliphatic rings. The van der Waals surface area contributed by atoms with Crippen molar-refractivity contribution in [1.82, 2.24) is 15.0 Å². The van der Waals surface area contributed by atoms with E-state index >= 15 is 0 Å². The molecule has 0 aromatic carbocycles. The largest absolute Gasteiger partial charge is 0.351 e. The van der Waals surface area contributed by atoms with Crippen molar-refractivity contribution in [1.29, 1.82) is 0 Å². The fraction of sp³-hybridized carbons (Fsp3) is 0.750. The SMILES string of the molecule is CC1CCCCC1Nc1nc(Cl)nc(N(C)C)n1. The highest BCUT2D eigenvalue weighted by Crippen LogP contribution is 2.26. The number of hydrogen-bond acceptors (Lipinski definition) is 5. The maximum absolute atomic E-state index is 5.92. The van der Waals surface area contributed by atoms with Crippen LogP contribution in [0.3, 0.4) is 0 Å². The van der Waals surface area contributed by atoms with Gasteiger partial charge in [0.2, 0.25) is 17.2 Å². The number of hydrogen-bond donors (Lipinski definition) is 1. The standard InChI is InChI=1S/C12H20ClN5/c1-8-6-4-5-7-9(8)14-11-15-10(13)16-12(17-11)18(2)3/h8-9H,4-7H2,1-3H3,(H,14,15,16,17). The summed E-state index contributed by atoms with van der Waals surface area (Å²) >= 11 is 5.92. The minimum absolute atomic E-state index is 0.236. The summed E-state index contributed by atoms with van der Waals surface area (Å²) in [4.78, 5) is 14.4. The average molecular weight is 270 g/mol. The summed E-state index contributed by atoms with van der Waals surface area (Å²) < 4.78 is 0. The summed E-state index contributed by atoms with van der Waals surface area (Å²) in [6, 6.07) is 0.437. The van der Waals surface area contributed by atoms with Gasteiger partial charge in [-0.15, -0.1) is 0 Å². The second-order valence-corrected chi connectivity index (χ2v) is 5.47. The molecule has 1 saturated carbocycles. The zero-order valence-corrected chi connectivity index (χ0v) is 11.9. The molecule has 1 aromatic heterocycles. The van der Waals surface area contributed by atoms with E-state index in [9.17, 15) is 0 Å². The molecule has 1 heterocycles. The lowest BCUT2D eigenvalue weighted by Gasteiger charge is -2.29. The Morgan fingerprint density at radius 1 is 1.17 bits per heavy atom. The van der Waals surface area contributed by atoms with E-state index in [0.717, 1.165) is 0 Å². The molecule has 1 aliphatic carbocycles. The summed E-state index contributed by atoms with van der Waals surface area (Å²) in [6.07, 6.45) is 5.01. The van der Waals surface area contributed by atoms with Crippen LogP contribution in [-0.2, 0) is 0 Å². The first-order chi connectivity index (χ1) is 8.56. The summed E-state index contributed by atoms with van der Waals surface area (Å²) in [7, 11) is 3.78. The van der Waals surface area contributed by atoms with Crippen molar-refractivity contribution in [3.63, 3.8) is 0 Å². The highest BCUT2D eigenvalue weighted by Gasteiger charge is 2.22. The van der Waals surface area contributed by atoms with Gasteiger partial charge in [-0.2, -0.15) is 15.0 Å². The molecule has 0 radical (unpaired) electrons. The lowest BCUT2D eigenvalue weighted by atomic mass is 9.86. The Kier molecular flexibility index (Phi) is 4.22. The zero-order chi connectivity index (χ0) is 13.1. The Hall–Kier alpha value is -1.10. The first-order valence-corrected chi connectivity index (χ1v) is 6.79. The molecule has 2 rings (SSSR count). The molecule has 1 aromatic rings. The number of rotatable bonds is 3. The van der Waals surface area contributed by atoms with E-state index in [1.165, 1.54) is 25.7 Å². The van der Waals surface area contributed by atoms with E-state index in [4.69, 9.17) is 11.6 Å². The molecule has 1 fully saturated rings. The van der Waals surface area contributed by atoms with Crippen molar-refractivity contribution in [3.05, 3.63) is 5.28 Å². The Labute approximate surface area is 113 Å². The Morgan fingerprint density at radius 3 is 2.56 bits per heavy atom. The van der Waals surface area contributed by atoms with Crippen LogP contribution in [0.1, 0.15) is 32.6 Å². The quantitative estimate of drug-likeness (QED) is 0.914. The Balaban J connectivity index is 2.12. The summed E-state index contributed by atoms with van der Waals surface area (Å²) in [5.74, 6) is 1.82. The number of nitrogens with zero attached hydrogens (tertiary/aromatic N) is 4. The minimum Gasteiger partial charge on any atom is -0.351 e. The van der Waals surface area contributed by atoms with Gasteiger partial charge in [-0.25, -0.2) is 0 Å². The van der Waals surface area contributed by atoms with Crippen LogP contribution in [0.4, 0.5) is 11.9 Å². The fourth-order valence-electron chi connectivity index (χ4n) is 2.30. The maximum Gasteiger partial charge on any atom is 0.230 e. The number of nitrogens with one attached hydrogen (secondary N) is 1. The van der Waals surface area contributed by atoms with Crippen molar-refractivity contribution in [2.45, 2.75) is 38.6 Å². The molecule has 0 saturated heterocycles. The smallest absolute Gasteiger partial charge is 0.230 e. The summed E-state index contributed by atoms with van der Waals surface area (Å²) in [5, 5.41) is 3.63. The van der Waals surface area contributed by atoms with Gasteiger partial charge in [-0.05, 0) is 30.4 Å². The van der Waals surface area contributed by atoms with E-state index < -0.39 is 0 Å².